The number of nitrogens with one attached hydrogen (secondary N) is 1. The van der Waals surface area contributed by atoms with Crippen molar-refractivity contribution < 1.29 is 19.1 Å². The summed E-state index contributed by atoms with van der Waals surface area (Å²) in [6.45, 7) is 3.28. The molecule has 7 nitrogen and oxygen atoms in total. The number of aromatic amines is 1. The lowest BCUT2D eigenvalue weighted by Gasteiger charge is -2.34. The first-order chi connectivity index (χ1) is 12.7. The first kappa shape index (κ1) is 16.5. The molecule has 0 radical (unpaired) electrons. The summed E-state index contributed by atoms with van der Waals surface area (Å²) >= 11 is 0. The van der Waals surface area contributed by atoms with Gasteiger partial charge in [0.1, 0.15) is 5.69 Å². The fourth-order valence-corrected chi connectivity index (χ4v) is 3.23. The van der Waals surface area contributed by atoms with E-state index in [1.807, 2.05) is 0 Å². The second-order valence-electron chi connectivity index (χ2n) is 6.38. The minimum Gasteiger partial charge on any atom is -0.490 e. The van der Waals surface area contributed by atoms with Crippen LogP contribution >= 0.6 is 0 Å². The highest BCUT2D eigenvalue weighted by Gasteiger charge is 2.26. The third kappa shape index (κ3) is 3.24. The summed E-state index contributed by atoms with van der Waals surface area (Å²) in [5.74, 6) is 1.22. The summed E-state index contributed by atoms with van der Waals surface area (Å²) in [6.07, 6.45) is 2.56. The molecule has 0 aliphatic carbocycles. The van der Waals surface area contributed by atoms with Gasteiger partial charge in [-0.3, -0.25) is 9.59 Å². The highest BCUT2D eigenvalue weighted by atomic mass is 16.5. The second-order valence-corrected chi connectivity index (χ2v) is 6.38. The van der Waals surface area contributed by atoms with Crippen LogP contribution in [0.4, 0.5) is 0 Å². The summed E-state index contributed by atoms with van der Waals surface area (Å²) in [4.78, 5) is 31.6. The minimum absolute atomic E-state index is 0.0299. The first-order valence-corrected chi connectivity index (χ1v) is 8.84. The van der Waals surface area contributed by atoms with Crippen LogP contribution in [0, 0.1) is 0 Å². The molecule has 1 aromatic carbocycles. The third-order valence-electron chi connectivity index (χ3n) is 4.68. The molecule has 0 atom stereocenters. The fraction of sp³-hybridized carbons (Fsp3) is 0.368. The molecule has 136 valence electrons. The summed E-state index contributed by atoms with van der Waals surface area (Å²) < 4.78 is 11.3. The Morgan fingerprint density at radius 2 is 1.58 bits per heavy atom. The van der Waals surface area contributed by atoms with Crippen molar-refractivity contribution in [3.8, 4) is 11.5 Å². The van der Waals surface area contributed by atoms with Crippen molar-refractivity contribution in [2.45, 2.75) is 6.42 Å². The Morgan fingerprint density at radius 3 is 2.27 bits per heavy atom. The molecular formula is C19H21N3O4. The number of H-pyrrole nitrogens is 1. The van der Waals surface area contributed by atoms with E-state index >= 15 is 0 Å². The molecule has 3 heterocycles. The maximum absolute atomic E-state index is 12.8. The van der Waals surface area contributed by atoms with Crippen molar-refractivity contribution in [2.24, 2.45) is 0 Å². The predicted molar refractivity (Wildman–Crippen MR) is 94.6 cm³/mol. The normalized spacial score (nSPS) is 16.9. The number of ether oxygens (including phenoxy) is 2. The number of fused-ring (bicyclic) bond motifs is 1. The number of hydrogen-bond donors (Lipinski definition) is 1. The van der Waals surface area contributed by atoms with Crippen LogP contribution in [0.5, 0.6) is 11.5 Å². The second kappa shape index (κ2) is 7.11. The van der Waals surface area contributed by atoms with Gasteiger partial charge in [-0.05, 0) is 30.3 Å². The Bertz CT molecular complexity index is 795. The van der Waals surface area contributed by atoms with E-state index in [9.17, 15) is 9.59 Å². The summed E-state index contributed by atoms with van der Waals surface area (Å²) in [5.41, 5.74) is 1.16. The molecule has 4 rings (SSSR count). The Labute approximate surface area is 151 Å². The van der Waals surface area contributed by atoms with Gasteiger partial charge in [0.05, 0.1) is 13.2 Å². The van der Waals surface area contributed by atoms with Gasteiger partial charge in [-0.1, -0.05) is 0 Å². The Kier molecular flexibility index (Phi) is 4.51. The van der Waals surface area contributed by atoms with Crippen molar-refractivity contribution >= 4 is 11.8 Å². The molecule has 2 amide bonds. The lowest BCUT2D eigenvalue weighted by atomic mass is 10.1. The molecular weight excluding hydrogens is 334 g/mol. The van der Waals surface area contributed by atoms with E-state index in [2.05, 4.69) is 4.98 Å². The lowest BCUT2D eigenvalue weighted by molar-refractivity contribution is 0.0532. The number of amides is 2. The number of nitrogens with zero attached hydrogens (tertiary/aromatic N) is 2. The van der Waals surface area contributed by atoms with Crippen molar-refractivity contribution in [3.05, 3.63) is 47.8 Å². The number of benzene rings is 1. The molecule has 0 saturated carbocycles. The van der Waals surface area contributed by atoms with Crippen LogP contribution in [0.25, 0.3) is 0 Å². The molecule has 1 saturated heterocycles. The van der Waals surface area contributed by atoms with E-state index in [1.54, 1.807) is 46.3 Å². The Balaban J connectivity index is 1.41. The molecule has 2 aliphatic heterocycles. The van der Waals surface area contributed by atoms with E-state index in [0.717, 1.165) is 6.42 Å². The van der Waals surface area contributed by atoms with Gasteiger partial charge in [0.25, 0.3) is 11.8 Å². The van der Waals surface area contributed by atoms with Crippen LogP contribution in [0.2, 0.25) is 0 Å². The van der Waals surface area contributed by atoms with Crippen LogP contribution in [0.1, 0.15) is 27.3 Å². The zero-order chi connectivity index (χ0) is 17.9. The lowest BCUT2D eigenvalue weighted by Crippen LogP contribution is -2.50. The quantitative estimate of drug-likeness (QED) is 0.891. The summed E-state index contributed by atoms with van der Waals surface area (Å²) in [5, 5.41) is 0. The molecule has 26 heavy (non-hydrogen) atoms. The molecule has 0 spiro atoms. The highest BCUT2D eigenvalue weighted by molar-refractivity contribution is 5.95. The van der Waals surface area contributed by atoms with Gasteiger partial charge < -0.3 is 24.3 Å². The van der Waals surface area contributed by atoms with Gasteiger partial charge >= 0.3 is 0 Å². The van der Waals surface area contributed by atoms with Crippen LogP contribution in [-0.2, 0) is 0 Å². The summed E-state index contributed by atoms with van der Waals surface area (Å²) in [7, 11) is 0. The average molecular weight is 355 g/mol. The predicted octanol–water partition coefficient (Wildman–Crippen LogP) is 1.77. The van der Waals surface area contributed by atoms with Crippen LogP contribution in [0.3, 0.4) is 0 Å². The van der Waals surface area contributed by atoms with Gasteiger partial charge in [-0.15, -0.1) is 0 Å². The van der Waals surface area contributed by atoms with Gasteiger partial charge in [0.2, 0.25) is 0 Å². The van der Waals surface area contributed by atoms with Gasteiger partial charge in [-0.2, -0.15) is 0 Å². The SMILES string of the molecule is O=C(c1ccc2c(c1)OCCCO2)N1CCN(C(=O)c2ccc[nH]2)CC1. The van der Waals surface area contributed by atoms with E-state index in [1.165, 1.54) is 0 Å². The van der Waals surface area contributed by atoms with E-state index in [0.29, 0.717) is 62.1 Å². The van der Waals surface area contributed by atoms with Crippen LogP contribution in [-0.4, -0.2) is 66.0 Å². The molecule has 1 aromatic heterocycles. The monoisotopic (exact) mass is 355 g/mol. The fourth-order valence-electron chi connectivity index (χ4n) is 3.23. The number of carbonyl (C=O) groups is 2. The van der Waals surface area contributed by atoms with Gasteiger partial charge in [-0.25, -0.2) is 0 Å². The largest absolute Gasteiger partial charge is 0.490 e. The van der Waals surface area contributed by atoms with E-state index in [4.69, 9.17) is 9.47 Å². The Morgan fingerprint density at radius 1 is 0.885 bits per heavy atom. The minimum atomic E-state index is -0.0485. The molecule has 2 aliphatic rings. The van der Waals surface area contributed by atoms with E-state index in [-0.39, 0.29) is 11.8 Å². The molecule has 1 fully saturated rings. The average Bonchev–Trinajstić information content (AvgIpc) is 3.12. The zero-order valence-corrected chi connectivity index (χ0v) is 14.4. The van der Waals surface area contributed by atoms with Crippen molar-refractivity contribution in [1.29, 1.82) is 0 Å². The van der Waals surface area contributed by atoms with Crippen LogP contribution in [0.15, 0.2) is 36.5 Å². The number of carbonyl (C=O) groups excluding carboxylic acids is 2. The number of piperazine rings is 1. The highest BCUT2D eigenvalue weighted by Crippen LogP contribution is 2.30. The maximum Gasteiger partial charge on any atom is 0.270 e. The van der Waals surface area contributed by atoms with E-state index < -0.39 is 0 Å². The molecule has 2 aromatic rings. The maximum atomic E-state index is 12.8. The van der Waals surface area contributed by atoms with Crippen molar-refractivity contribution in [2.75, 3.05) is 39.4 Å². The topological polar surface area (TPSA) is 74.9 Å². The number of hydrogen-bond acceptors (Lipinski definition) is 4. The standard InChI is InChI=1S/C19H21N3O4/c23-18(14-4-5-16-17(13-14)26-12-2-11-25-16)21-7-9-22(10-8-21)19(24)15-3-1-6-20-15/h1,3-6,13,20H,2,7-12H2. The molecule has 7 heteroatoms. The number of rotatable bonds is 2. The first-order valence-electron chi connectivity index (χ1n) is 8.84. The van der Waals surface area contributed by atoms with Gasteiger partial charge in [0, 0.05) is 44.4 Å². The molecule has 0 unspecified atom stereocenters. The zero-order valence-electron chi connectivity index (χ0n) is 14.4. The van der Waals surface area contributed by atoms with Crippen LogP contribution < -0.4 is 9.47 Å². The molecule has 1 N–H and O–H groups in total. The van der Waals surface area contributed by atoms with Gasteiger partial charge in [0.15, 0.2) is 11.5 Å². The van der Waals surface area contributed by atoms with Crippen molar-refractivity contribution in [3.63, 3.8) is 0 Å². The Hall–Kier alpha value is -2.96. The van der Waals surface area contributed by atoms with Crippen molar-refractivity contribution in [1.82, 2.24) is 14.8 Å². The third-order valence-corrected chi connectivity index (χ3v) is 4.68. The molecule has 0 bridgehead atoms. The smallest absolute Gasteiger partial charge is 0.270 e. The summed E-state index contributed by atoms with van der Waals surface area (Å²) in [6, 6.07) is 8.87. The number of aromatic nitrogens is 1.